The molecule has 0 aromatic carbocycles. The van der Waals surface area contributed by atoms with Crippen molar-refractivity contribution in [1.29, 1.82) is 0 Å². The summed E-state index contributed by atoms with van der Waals surface area (Å²) in [5.74, 6) is 0.455. The predicted molar refractivity (Wildman–Crippen MR) is 89.7 cm³/mol. The monoisotopic (exact) mass is 330 g/mol. The molecule has 0 radical (unpaired) electrons. The van der Waals surface area contributed by atoms with Gasteiger partial charge < -0.3 is 0 Å². The lowest BCUT2D eigenvalue weighted by atomic mass is 10.4. The van der Waals surface area contributed by atoms with Gasteiger partial charge in [0, 0.05) is 20.7 Å². The van der Waals surface area contributed by atoms with Crippen LogP contribution in [0.1, 0.15) is 4.88 Å². The van der Waals surface area contributed by atoms with Gasteiger partial charge in [0.2, 0.25) is 0 Å². The smallest absolute Gasteiger partial charge is 0.261 e. The minimum Gasteiger partial charge on any atom is -0.261 e. The van der Waals surface area contributed by atoms with Crippen molar-refractivity contribution in [1.82, 2.24) is 4.98 Å². The van der Waals surface area contributed by atoms with Crippen molar-refractivity contribution in [2.75, 3.05) is 5.43 Å². The standard InChI is InChI=1S/C14H10N4O2S2/c19-18(20)10-3-6-14(15-8-10)17-16-9-11-4-5-13(22-11)12-2-1-7-21-12/h1-9H,(H,15,17)/b16-9+. The Bertz CT molecular complexity index is 795. The molecule has 22 heavy (non-hydrogen) atoms. The van der Waals surface area contributed by atoms with Crippen molar-refractivity contribution in [3.63, 3.8) is 0 Å². The summed E-state index contributed by atoms with van der Waals surface area (Å²) in [6, 6.07) is 11.0. The lowest BCUT2D eigenvalue weighted by Crippen LogP contribution is -1.94. The summed E-state index contributed by atoms with van der Waals surface area (Å²) in [5.41, 5.74) is 2.70. The number of aromatic nitrogens is 1. The Labute approximate surface area is 133 Å². The topological polar surface area (TPSA) is 80.4 Å². The fourth-order valence-electron chi connectivity index (χ4n) is 1.70. The summed E-state index contributed by atoms with van der Waals surface area (Å²) < 4.78 is 0. The Morgan fingerprint density at radius 2 is 2.14 bits per heavy atom. The van der Waals surface area contributed by atoms with E-state index in [-0.39, 0.29) is 5.69 Å². The van der Waals surface area contributed by atoms with Crippen LogP contribution in [0.15, 0.2) is 53.1 Å². The van der Waals surface area contributed by atoms with Crippen LogP contribution in [0.3, 0.4) is 0 Å². The van der Waals surface area contributed by atoms with E-state index in [0.717, 1.165) is 4.88 Å². The van der Waals surface area contributed by atoms with E-state index in [4.69, 9.17) is 0 Å². The Morgan fingerprint density at radius 1 is 1.23 bits per heavy atom. The van der Waals surface area contributed by atoms with Gasteiger partial charge in [-0.05, 0) is 29.6 Å². The van der Waals surface area contributed by atoms with Crippen molar-refractivity contribution >= 4 is 40.4 Å². The van der Waals surface area contributed by atoms with Crippen molar-refractivity contribution in [3.8, 4) is 9.75 Å². The van der Waals surface area contributed by atoms with Crippen LogP contribution < -0.4 is 5.43 Å². The van der Waals surface area contributed by atoms with E-state index < -0.39 is 4.92 Å². The first-order valence-corrected chi connectivity index (χ1v) is 7.95. The SMILES string of the molecule is O=[N+]([O-])c1ccc(N/N=C/c2ccc(-c3cccs3)s2)nc1. The molecule has 3 rings (SSSR count). The zero-order chi connectivity index (χ0) is 15.4. The first-order valence-electron chi connectivity index (χ1n) is 6.25. The molecule has 6 nitrogen and oxygen atoms in total. The molecule has 0 bridgehead atoms. The molecule has 0 saturated carbocycles. The molecule has 3 aromatic heterocycles. The van der Waals surface area contributed by atoms with Crippen LogP contribution in [0.5, 0.6) is 0 Å². The van der Waals surface area contributed by atoms with E-state index in [9.17, 15) is 10.1 Å². The molecule has 0 unspecified atom stereocenters. The molecule has 8 heteroatoms. The van der Waals surface area contributed by atoms with Crippen LogP contribution >= 0.6 is 22.7 Å². The van der Waals surface area contributed by atoms with E-state index in [1.165, 1.54) is 28.1 Å². The maximum absolute atomic E-state index is 10.5. The number of anilines is 1. The van der Waals surface area contributed by atoms with Crippen LogP contribution in [0.2, 0.25) is 0 Å². The van der Waals surface area contributed by atoms with Crippen LogP contribution in [0, 0.1) is 10.1 Å². The molecule has 3 aromatic rings. The Balaban J connectivity index is 1.63. The molecular weight excluding hydrogens is 320 g/mol. The van der Waals surface area contributed by atoms with E-state index in [1.54, 1.807) is 28.9 Å². The summed E-state index contributed by atoms with van der Waals surface area (Å²) in [4.78, 5) is 17.4. The van der Waals surface area contributed by atoms with Gasteiger partial charge in [-0.2, -0.15) is 5.10 Å². The van der Waals surface area contributed by atoms with E-state index in [2.05, 4.69) is 27.6 Å². The second-order valence-electron chi connectivity index (χ2n) is 4.21. The van der Waals surface area contributed by atoms with Crippen LogP contribution in [-0.4, -0.2) is 16.1 Å². The summed E-state index contributed by atoms with van der Waals surface area (Å²) in [6.45, 7) is 0. The molecule has 0 atom stereocenters. The molecule has 3 heterocycles. The summed E-state index contributed by atoms with van der Waals surface area (Å²) in [6.07, 6.45) is 2.89. The number of hydrogen-bond acceptors (Lipinski definition) is 7. The fourth-order valence-corrected chi connectivity index (χ4v) is 3.41. The zero-order valence-corrected chi connectivity index (χ0v) is 12.8. The zero-order valence-electron chi connectivity index (χ0n) is 11.2. The highest BCUT2D eigenvalue weighted by atomic mass is 32.1. The maximum Gasteiger partial charge on any atom is 0.287 e. The third-order valence-electron chi connectivity index (χ3n) is 2.72. The van der Waals surface area contributed by atoms with Crippen molar-refractivity contribution in [3.05, 3.63) is 63.0 Å². The lowest BCUT2D eigenvalue weighted by Gasteiger charge is -1.97. The number of pyridine rings is 1. The highest BCUT2D eigenvalue weighted by molar-refractivity contribution is 7.22. The molecule has 0 spiro atoms. The molecule has 110 valence electrons. The first kappa shape index (κ1) is 14.4. The number of hydrogen-bond donors (Lipinski definition) is 1. The summed E-state index contributed by atoms with van der Waals surface area (Å²) >= 11 is 3.34. The average Bonchev–Trinajstić information content (AvgIpc) is 3.19. The van der Waals surface area contributed by atoms with Crippen molar-refractivity contribution < 1.29 is 4.92 Å². The number of nitrogens with one attached hydrogen (secondary N) is 1. The Morgan fingerprint density at radius 3 is 2.82 bits per heavy atom. The van der Waals surface area contributed by atoms with Gasteiger partial charge in [-0.3, -0.25) is 15.5 Å². The molecule has 0 amide bonds. The van der Waals surface area contributed by atoms with Gasteiger partial charge >= 0.3 is 0 Å². The predicted octanol–water partition coefficient (Wildman–Crippen LogP) is 4.23. The van der Waals surface area contributed by atoms with Gasteiger partial charge in [0.1, 0.15) is 12.0 Å². The van der Waals surface area contributed by atoms with Gasteiger partial charge in [-0.15, -0.1) is 22.7 Å². The minimum absolute atomic E-state index is 0.0478. The third kappa shape index (κ3) is 3.35. The van der Waals surface area contributed by atoms with Gasteiger partial charge in [-0.25, -0.2) is 4.98 Å². The van der Waals surface area contributed by atoms with Gasteiger partial charge in [-0.1, -0.05) is 6.07 Å². The Hall–Kier alpha value is -2.58. The molecule has 0 fully saturated rings. The summed E-state index contributed by atoms with van der Waals surface area (Å²) in [7, 11) is 0. The highest BCUT2D eigenvalue weighted by Gasteiger charge is 2.04. The van der Waals surface area contributed by atoms with E-state index in [0.29, 0.717) is 5.82 Å². The number of thiophene rings is 2. The van der Waals surface area contributed by atoms with Gasteiger partial charge in [0.25, 0.3) is 5.69 Å². The molecule has 0 aliphatic carbocycles. The molecular formula is C14H10N4O2S2. The second kappa shape index (κ2) is 6.46. The average molecular weight is 330 g/mol. The van der Waals surface area contributed by atoms with Crippen molar-refractivity contribution in [2.45, 2.75) is 0 Å². The lowest BCUT2D eigenvalue weighted by molar-refractivity contribution is -0.385. The Kier molecular flexibility index (Phi) is 4.22. The van der Waals surface area contributed by atoms with Crippen LogP contribution in [0.25, 0.3) is 9.75 Å². The third-order valence-corrected chi connectivity index (χ3v) is 4.81. The van der Waals surface area contributed by atoms with Crippen molar-refractivity contribution in [2.24, 2.45) is 5.10 Å². The quantitative estimate of drug-likeness (QED) is 0.431. The normalized spacial score (nSPS) is 10.9. The molecule has 0 aliphatic heterocycles. The number of nitro groups is 1. The molecule has 0 aliphatic rings. The highest BCUT2D eigenvalue weighted by Crippen LogP contribution is 2.30. The molecule has 1 N–H and O–H groups in total. The number of rotatable bonds is 5. The maximum atomic E-state index is 10.5. The van der Waals surface area contributed by atoms with E-state index in [1.807, 2.05) is 17.5 Å². The van der Waals surface area contributed by atoms with Gasteiger partial charge in [0.05, 0.1) is 11.1 Å². The van der Waals surface area contributed by atoms with Gasteiger partial charge in [0.15, 0.2) is 0 Å². The number of nitrogens with zero attached hydrogens (tertiary/aromatic N) is 3. The molecule has 0 saturated heterocycles. The minimum atomic E-state index is -0.488. The van der Waals surface area contributed by atoms with Crippen LogP contribution in [0.4, 0.5) is 11.5 Å². The van der Waals surface area contributed by atoms with Crippen LogP contribution in [-0.2, 0) is 0 Å². The second-order valence-corrected chi connectivity index (χ2v) is 6.27. The van der Waals surface area contributed by atoms with E-state index >= 15 is 0 Å². The number of hydrazone groups is 1. The fraction of sp³-hybridized carbons (Fsp3) is 0. The largest absolute Gasteiger partial charge is 0.287 e. The summed E-state index contributed by atoms with van der Waals surface area (Å²) in [5, 5.41) is 16.7. The first-order chi connectivity index (χ1) is 10.7.